The Kier molecular flexibility index (Phi) is 5.50. The molecule has 28 heavy (non-hydrogen) atoms. The maximum absolute atomic E-state index is 12.9. The van der Waals surface area contributed by atoms with Gasteiger partial charge >= 0.3 is 0 Å². The van der Waals surface area contributed by atoms with Gasteiger partial charge in [0.05, 0.1) is 19.5 Å². The first-order chi connectivity index (χ1) is 13.7. The van der Waals surface area contributed by atoms with Crippen LogP contribution in [0.15, 0.2) is 59.7 Å². The van der Waals surface area contributed by atoms with E-state index in [9.17, 15) is 4.79 Å². The molecule has 0 radical (unpaired) electrons. The highest BCUT2D eigenvalue weighted by Crippen LogP contribution is 2.33. The number of thiazole rings is 1. The largest absolute Gasteiger partial charge is 0.476 e. The van der Waals surface area contributed by atoms with Gasteiger partial charge in [-0.15, -0.1) is 0 Å². The number of carbonyl (C=O) groups excluding carboxylic acids is 1. The van der Waals surface area contributed by atoms with E-state index in [-0.39, 0.29) is 11.9 Å². The molecule has 0 aliphatic carbocycles. The number of pyridine rings is 1. The fourth-order valence-corrected chi connectivity index (χ4v) is 3.80. The fraction of sp³-hybridized carbons (Fsp3) is 0.250. The number of aromatic nitrogens is 2. The van der Waals surface area contributed by atoms with Gasteiger partial charge in [-0.2, -0.15) is 0 Å². The van der Waals surface area contributed by atoms with Crippen LogP contribution >= 0.6 is 11.3 Å². The minimum atomic E-state index is -0.214. The average Bonchev–Trinajstić information content (AvgIpc) is 3.38. The molecule has 0 amide bonds. The molecule has 0 bridgehead atoms. The molecule has 1 fully saturated rings. The summed E-state index contributed by atoms with van der Waals surface area (Å²) in [7, 11) is 0. The molecule has 1 saturated heterocycles. The van der Waals surface area contributed by atoms with Crippen LogP contribution < -0.4 is 5.32 Å². The monoisotopic (exact) mass is 397 g/mol. The molecule has 0 saturated carbocycles. The van der Waals surface area contributed by atoms with Crippen LogP contribution in [-0.4, -0.2) is 35.1 Å². The Hall–Kier alpha value is -2.97. The van der Waals surface area contributed by atoms with Crippen molar-refractivity contribution in [2.45, 2.75) is 18.9 Å². The lowest BCUT2D eigenvalue weighted by atomic mass is 10.1. The summed E-state index contributed by atoms with van der Waals surface area (Å²) in [6.07, 6.45) is 4.83. The number of anilines is 1. The molecule has 0 atom stereocenters. The molecule has 3 aromatic heterocycles. The Bertz CT molecular complexity index is 947. The second-order valence-corrected chi connectivity index (χ2v) is 7.19. The quantitative estimate of drug-likeness (QED) is 0.474. The summed E-state index contributed by atoms with van der Waals surface area (Å²) in [5.74, 6) is 0.691. The molecule has 0 aromatic carbocycles. The van der Waals surface area contributed by atoms with E-state index in [4.69, 9.17) is 13.9 Å². The van der Waals surface area contributed by atoms with Gasteiger partial charge in [0.15, 0.2) is 16.8 Å². The Morgan fingerprint density at radius 3 is 2.82 bits per heavy atom. The maximum atomic E-state index is 12.9. The van der Waals surface area contributed by atoms with Gasteiger partial charge in [0.1, 0.15) is 22.4 Å². The van der Waals surface area contributed by atoms with E-state index in [0.717, 1.165) is 12.8 Å². The Labute approximate surface area is 166 Å². The van der Waals surface area contributed by atoms with Crippen molar-refractivity contribution < 1.29 is 18.7 Å². The van der Waals surface area contributed by atoms with Crippen LogP contribution in [-0.2, 0) is 9.47 Å². The summed E-state index contributed by atoms with van der Waals surface area (Å²) in [5.41, 5.74) is 0.815. The van der Waals surface area contributed by atoms with Crippen LogP contribution in [0.2, 0.25) is 0 Å². The van der Waals surface area contributed by atoms with E-state index < -0.39 is 0 Å². The smallest absolute Gasteiger partial charge is 0.223 e. The number of nitrogens with one attached hydrogen (secondary N) is 1. The van der Waals surface area contributed by atoms with E-state index >= 15 is 0 Å². The molecule has 0 unspecified atom stereocenters. The molecule has 8 heteroatoms. The number of rotatable bonds is 7. The van der Waals surface area contributed by atoms with Gasteiger partial charge < -0.3 is 19.2 Å². The Balaban J connectivity index is 1.57. The zero-order chi connectivity index (χ0) is 19.3. The van der Waals surface area contributed by atoms with Crippen LogP contribution in [0.4, 0.5) is 5.13 Å². The lowest BCUT2D eigenvalue weighted by Crippen LogP contribution is -2.24. The number of ether oxygens (including phenoxy) is 2. The zero-order valence-electron chi connectivity index (χ0n) is 15.1. The van der Waals surface area contributed by atoms with Crippen molar-refractivity contribution in [3.8, 4) is 11.5 Å². The van der Waals surface area contributed by atoms with E-state index in [1.807, 2.05) is 0 Å². The third-order valence-electron chi connectivity index (χ3n) is 4.21. The molecule has 4 rings (SSSR count). The third kappa shape index (κ3) is 4.13. The first-order valence-electron chi connectivity index (χ1n) is 8.91. The Morgan fingerprint density at radius 1 is 1.25 bits per heavy atom. The molecule has 1 aliphatic heterocycles. The summed E-state index contributed by atoms with van der Waals surface area (Å²) >= 11 is 1.21. The fourth-order valence-electron chi connectivity index (χ4n) is 2.86. The second-order valence-electron chi connectivity index (χ2n) is 6.20. The van der Waals surface area contributed by atoms with E-state index in [2.05, 4.69) is 21.9 Å². The first kappa shape index (κ1) is 18.4. The van der Waals surface area contributed by atoms with E-state index in [0.29, 0.717) is 46.3 Å². The van der Waals surface area contributed by atoms with Crippen molar-refractivity contribution in [2.24, 2.45) is 0 Å². The predicted octanol–water partition coefficient (Wildman–Crippen LogP) is 4.11. The predicted molar refractivity (Wildman–Crippen MR) is 105 cm³/mol. The van der Waals surface area contributed by atoms with Crippen LogP contribution in [0.1, 0.15) is 28.2 Å². The van der Waals surface area contributed by atoms with Gasteiger partial charge in [0, 0.05) is 19.0 Å². The average molecular weight is 397 g/mol. The van der Waals surface area contributed by atoms with E-state index in [1.165, 1.54) is 11.3 Å². The van der Waals surface area contributed by atoms with Gasteiger partial charge in [0.25, 0.3) is 0 Å². The second kappa shape index (κ2) is 8.37. The highest BCUT2D eigenvalue weighted by atomic mass is 32.1. The van der Waals surface area contributed by atoms with Crippen molar-refractivity contribution >= 4 is 22.3 Å². The lowest BCUT2D eigenvalue weighted by molar-refractivity contribution is -0.00210. The van der Waals surface area contributed by atoms with Crippen molar-refractivity contribution in [3.63, 3.8) is 0 Å². The molecule has 1 N–H and O–H groups in total. The number of nitrogens with zero attached hydrogens (tertiary/aromatic N) is 2. The first-order valence-corrected chi connectivity index (χ1v) is 9.73. The highest BCUT2D eigenvalue weighted by molar-refractivity contribution is 7.18. The van der Waals surface area contributed by atoms with Crippen LogP contribution in [0.3, 0.4) is 0 Å². The minimum Gasteiger partial charge on any atom is -0.476 e. The number of furan rings is 1. The third-order valence-corrected chi connectivity index (χ3v) is 5.18. The van der Waals surface area contributed by atoms with Gasteiger partial charge in [-0.3, -0.25) is 9.78 Å². The summed E-state index contributed by atoms with van der Waals surface area (Å²) < 4.78 is 16.6. The Morgan fingerprint density at radius 2 is 2.11 bits per heavy atom. The molecule has 4 heterocycles. The summed E-state index contributed by atoms with van der Waals surface area (Å²) in [6, 6.07) is 8.73. The molecule has 7 nitrogen and oxygen atoms in total. The van der Waals surface area contributed by atoms with Gasteiger partial charge in [-0.05, 0) is 30.8 Å². The van der Waals surface area contributed by atoms with Crippen LogP contribution in [0.25, 0.3) is 11.5 Å². The maximum Gasteiger partial charge on any atom is 0.223 e. The summed E-state index contributed by atoms with van der Waals surface area (Å²) in [6.45, 7) is 5.28. The number of ketones is 1. The number of carbonyl (C=O) groups is 1. The topological polar surface area (TPSA) is 86.5 Å². The van der Waals surface area contributed by atoms with Gasteiger partial charge in [-0.25, -0.2) is 4.98 Å². The standard InChI is InChI=1S/C20H19N3O4S/c1-13(27-14-7-11-25-12-8-14)22-20-23-17(16-6-4-10-26-16)19(28-20)18(24)15-5-2-3-9-21-15/h2-6,9-10,14H,1,7-8,11-12H2,(H,22,23). The normalized spacial score (nSPS) is 14.6. The van der Waals surface area contributed by atoms with Crippen LogP contribution in [0, 0.1) is 0 Å². The van der Waals surface area contributed by atoms with E-state index in [1.54, 1.807) is 42.8 Å². The van der Waals surface area contributed by atoms with Crippen molar-refractivity contribution in [3.05, 3.63) is 65.8 Å². The molecular formula is C20H19N3O4S. The minimum absolute atomic E-state index is 0.0628. The molecular weight excluding hydrogens is 378 g/mol. The summed E-state index contributed by atoms with van der Waals surface area (Å²) in [4.78, 5) is 22.1. The van der Waals surface area contributed by atoms with Crippen molar-refractivity contribution in [2.75, 3.05) is 18.5 Å². The number of hydrogen-bond donors (Lipinski definition) is 1. The number of hydrogen-bond acceptors (Lipinski definition) is 8. The summed E-state index contributed by atoms with van der Waals surface area (Å²) in [5, 5.41) is 3.56. The highest BCUT2D eigenvalue weighted by Gasteiger charge is 2.24. The van der Waals surface area contributed by atoms with Gasteiger partial charge in [-0.1, -0.05) is 17.4 Å². The molecule has 0 spiro atoms. The molecule has 144 valence electrons. The van der Waals surface area contributed by atoms with Gasteiger partial charge in [0.2, 0.25) is 5.78 Å². The molecule has 1 aliphatic rings. The molecule has 3 aromatic rings. The van der Waals surface area contributed by atoms with Crippen molar-refractivity contribution in [1.82, 2.24) is 9.97 Å². The van der Waals surface area contributed by atoms with Crippen LogP contribution in [0.5, 0.6) is 0 Å². The lowest BCUT2D eigenvalue weighted by Gasteiger charge is -2.24. The zero-order valence-corrected chi connectivity index (χ0v) is 15.9. The van der Waals surface area contributed by atoms with Crippen molar-refractivity contribution in [1.29, 1.82) is 0 Å². The SMILES string of the molecule is C=C(Nc1nc(-c2ccco2)c(C(=O)c2ccccn2)s1)OC1CCOCC1.